The predicted octanol–water partition coefficient (Wildman–Crippen LogP) is 10.2. The highest BCUT2D eigenvalue weighted by Crippen LogP contribution is 2.59. The van der Waals surface area contributed by atoms with Gasteiger partial charge < -0.3 is 24.6 Å². The van der Waals surface area contributed by atoms with E-state index in [2.05, 4.69) is 10.8 Å². The Labute approximate surface area is 326 Å². The predicted molar refractivity (Wildman–Crippen MR) is 209 cm³/mol. The number of hydrogen-bond donors (Lipinski definition) is 2. The number of benzene rings is 4. The normalized spacial score (nSPS) is 22.8. The minimum Gasteiger partial charge on any atom is -0.450 e. The first kappa shape index (κ1) is 40.7. The molecule has 4 atom stereocenters. The first-order valence-corrected chi connectivity index (χ1v) is 19.3. The van der Waals surface area contributed by atoms with Crippen LogP contribution in [-0.4, -0.2) is 58.2 Å². The molecule has 7 rings (SSSR count). The number of carbonyl (C=O) groups excluding carboxylic acids is 2. The summed E-state index contributed by atoms with van der Waals surface area (Å²) >= 11 is 0. The van der Waals surface area contributed by atoms with Crippen molar-refractivity contribution < 1.29 is 42.4 Å². The van der Waals surface area contributed by atoms with Gasteiger partial charge in [-0.25, -0.2) is 4.79 Å². The third-order valence-corrected chi connectivity index (χ3v) is 11.7. The van der Waals surface area contributed by atoms with Crippen molar-refractivity contribution in [3.05, 3.63) is 137 Å². The minimum absolute atomic E-state index is 0.0209. The van der Waals surface area contributed by atoms with Crippen LogP contribution in [0.3, 0.4) is 0 Å². The molecule has 7 nitrogen and oxygen atoms in total. The second-order valence-corrected chi connectivity index (χ2v) is 15.5. The van der Waals surface area contributed by atoms with E-state index in [4.69, 9.17) is 4.74 Å². The maximum atomic E-state index is 14.6. The number of nitrogens with zero attached hydrogens (tertiary/aromatic N) is 1. The summed E-state index contributed by atoms with van der Waals surface area (Å²) in [7, 11) is 0. The van der Waals surface area contributed by atoms with Gasteiger partial charge in [0, 0.05) is 23.1 Å². The fourth-order valence-corrected chi connectivity index (χ4v) is 8.53. The highest BCUT2D eigenvalue weighted by atomic mass is 19.4. The number of aliphatic hydroxyl groups is 2. The molecule has 0 aliphatic heterocycles. The smallest absolute Gasteiger partial charge is 0.450 e. The molecule has 0 aromatic heterocycles. The van der Waals surface area contributed by atoms with Gasteiger partial charge in [0.05, 0.1) is 24.9 Å². The van der Waals surface area contributed by atoms with E-state index in [1.807, 2.05) is 86.6 Å². The molecule has 1 amide bonds. The molecule has 1 saturated carbocycles. The summed E-state index contributed by atoms with van der Waals surface area (Å²) < 4.78 is 47.9. The molecule has 2 bridgehead atoms. The molecule has 4 aromatic carbocycles. The lowest BCUT2D eigenvalue weighted by Crippen LogP contribution is -2.53. The fraction of sp³-hybridized carbons (Fsp3) is 0.391. The zero-order chi connectivity index (χ0) is 40.1. The molecule has 2 N–H and O–H groups in total. The zero-order valence-electron chi connectivity index (χ0n) is 32.1. The Balaban J connectivity index is 1.37. The molecule has 0 spiro atoms. The molecule has 0 saturated heterocycles. The zero-order valence-corrected chi connectivity index (χ0v) is 32.1. The summed E-state index contributed by atoms with van der Waals surface area (Å²) in [5.41, 5.74) is 4.13. The van der Waals surface area contributed by atoms with Gasteiger partial charge in [0.1, 0.15) is 5.75 Å². The van der Waals surface area contributed by atoms with Crippen LogP contribution in [0.15, 0.2) is 109 Å². The average molecular weight is 770 g/mol. The highest BCUT2D eigenvalue weighted by Gasteiger charge is 2.57. The van der Waals surface area contributed by atoms with Gasteiger partial charge in [-0.3, -0.25) is 4.79 Å². The van der Waals surface area contributed by atoms with Crippen molar-refractivity contribution in [1.82, 2.24) is 4.90 Å². The van der Waals surface area contributed by atoms with Crippen LogP contribution < -0.4 is 4.74 Å². The monoisotopic (exact) mass is 769 g/mol. The van der Waals surface area contributed by atoms with Gasteiger partial charge >= 0.3 is 12.5 Å². The number of aliphatic hydroxyl groups excluding tert-OH is 1. The summed E-state index contributed by atoms with van der Waals surface area (Å²) in [6.07, 6.45) is -0.246. The first-order chi connectivity index (χ1) is 26.7. The van der Waals surface area contributed by atoms with Gasteiger partial charge in [-0.05, 0) is 111 Å². The van der Waals surface area contributed by atoms with Crippen molar-refractivity contribution in [3.8, 4) is 16.9 Å². The van der Waals surface area contributed by atoms with Gasteiger partial charge in [0.25, 0.3) is 0 Å². The molecule has 1 fully saturated rings. The van der Waals surface area contributed by atoms with Crippen LogP contribution in [0.25, 0.3) is 11.1 Å². The lowest BCUT2D eigenvalue weighted by molar-refractivity contribution is -0.274. The molecule has 0 radical (unpaired) electrons. The summed E-state index contributed by atoms with van der Waals surface area (Å²) in [6.45, 7) is 5.73. The van der Waals surface area contributed by atoms with E-state index in [0.29, 0.717) is 61.6 Å². The van der Waals surface area contributed by atoms with Crippen molar-refractivity contribution in [3.63, 3.8) is 0 Å². The number of alkyl halides is 3. The van der Waals surface area contributed by atoms with Crippen molar-refractivity contribution in [1.29, 1.82) is 0 Å². The summed E-state index contributed by atoms with van der Waals surface area (Å²) in [5, 5.41) is 23.9. The first-order valence-electron chi connectivity index (χ1n) is 19.3. The Hall–Kier alpha value is -4.93. The van der Waals surface area contributed by atoms with Crippen molar-refractivity contribution in [2.45, 2.75) is 96.2 Å². The lowest BCUT2D eigenvalue weighted by Gasteiger charge is -2.46. The topological polar surface area (TPSA) is 96.3 Å². The number of hydrogen-bond acceptors (Lipinski definition) is 6. The molecule has 0 unspecified atom stereocenters. The van der Waals surface area contributed by atoms with E-state index in [1.54, 1.807) is 6.92 Å². The van der Waals surface area contributed by atoms with E-state index in [1.165, 1.54) is 29.2 Å². The van der Waals surface area contributed by atoms with Crippen LogP contribution in [0.5, 0.6) is 5.75 Å². The lowest BCUT2D eigenvalue weighted by atomic mass is 9.64. The van der Waals surface area contributed by atoms with Crippen molar-refractivity contribution in [2.24, 2.45) is 5.41 Å². The van der Waals surface area contributed by atoms with Gasteiger partial charge in [0.2, 0.25) is 0 Å². The Morgan fingerprint density at radius 1 is 0.911 bits per heavy atom. The van der Waals surface area contributed by atoms with Crippen LogP contribution in [0.1, 0.15) is 97.8 Å². The number of fused-ring (bicyclic) bond motifs is 8. The molecular weight excluding hydrogens is 720 g/mol. The highest BCUT2D eigenvalue weighted by molar-refractivity contribution is 6.10. The van der Waals surface area contributed by atoms with Crippen molar-refractivity contribution in [2.75, 3.05) is 13.2 Å². The van der Waals surface area contributed by atoms with E-state index >= 15 is 0 Å². The maximum absolute atomic E-state index is 14.6. The van der Waals surface area contributed by atoms with E-state index in [0.717, 1.165) is 27.8 Å². The van der Waals surface area contributed by atoms with Crippen LogP contribution in [0.2, 0.25) is 0 Å². The van der Waals surface area contributed by atoms with Crippen LogP contribution >= 0.6 is 0 Å². The quantitative estimate of drug-likeness (QED) is 0.130. The third-order valence-electron chi connectivity index (χ3n) is 11.7. The Bertz CT molecular complexity index is 2010. The number of rotatable bonds is 9. The van der Waals surface area contributed by atoms with Gasteiger partial charge in [-0.15, -0.1) is 13.2 Å². The molecule has 3 aliphatic carbocycles. The molecule has 56 heavy (non-hydrogen) atoms. The van der Waals surface area contributed by atoms with Crippen LogP contribution in [-0.2, 0) is 17.7 Å². The number of amides is 1. The molecular formula is C46H50F3NO6. The standard InChI is InChI=1S/C46H50F3NO6/c1-4-55-43(53)50(29-32-13-21-38(22-14-32)56-46(47,48)49)30-45(54)26-24-41-39-23-15-33(27-37(51)20-12-31(2)9-8-25-44(41,45)3)28-40(39)42(52)36-18-16-35(17-19-36)34-10-6-5-7-11-34/h5-7,9-11,13-19,21-23,28,37,41,51,54H,4,8,12,20,24-27,29-30H2,1-3H3/t37-,41-,44-,45+/m0/s1. The Morgan fingerprint density at radius 3 is 2.29 bits per heavy atom. The van der Waals surface area contributed by atoms with E-state index < -0.39 is 29.6 Å². The number of ether oxygens (including phenoxy) is 2. The summed E-state index contributed by atoms with van der Waals surface area (Å²) in [5.74, 6) is -0.814. The Kier molecular flexibility index (Phi) is 12.4. The molecule has 4 aromatic rings. The third kappa shape index (κ3) is 9.36. The molecule has 296 valence electrons. The average Bonchev–Trinajstić information content (AvgIpc) is 3.42. The number of ketones is 1. The van der Waals surface area contributed by atoms with Gasteiger partial charge in [0.15, 0.2) is 5.78 Å². The van der Waals surface area contributed by atoms with Crippen LogP contribution in [0, 0.1) is 5.41 Å². The second kappa shape index (κ2) is 17.1. The van der Waals surface area contributed by atoms with Crippen molar-refractivity contribution >= 4 is 11.9 Å². The largest absolute Gasteiger partial charge is 0.573 e. The number of allylic oxidation sites excluding steroid dienone is 2. The van der Waals surface area contributed by atoms with E-state index in [-0.39, 0.29) is 37.1 Å². The summed E-state index contributed by atoms with van der Waals surface area (Å²) in [4.78, 5) is 29.5. The molecule has 3 aliphatic rings. The van der Waals surface area contributed by atoms with Gasteiger partial charge in [-0.2, -0.15) is 0 Å². The Morgan fingerprint density at radius 2 is 1.61 bits per heavy atom. The number of carbonyl (C=O) groups is 2. The van der Waals surface area contributed by atoms with Gasteiger partial charge in [-0.1, -0.05) is 97.4 Å². The maximum Gasteiger partial charge on any atom is 0.573 e. The minimum atomic E-state index is -4.84. The summed E-state index contributed by atoms with van der Waals surface area (Å²) in [6, 6.07) is 28.6. The van der Waals surface area contributed by atoms with Crippen LogP contribution in [0.4, 0.5) is 18.0 Å². The SMILES string of the molecule is CCOC(=O)N(Cc1ccc(OC(F)(F)F)cc1)C[C@]1(O)CC[C@H]2c3ccc(cc3C(=O)c3ccc(-c4ccccc4)cc3)C[C@@H](O)CCC(C)=CCC[C@@]21C. The molecule has 0 heterocycles. The number of halogens is 3. The van der Waals surface area contributed by atoms with E-state index in [9.17, 15) is 33.0 Å². The second-order valence-electron chi connectivity index (χ2n) is 15.5. The fourth-order valence-electron chi connectivity index (χ4n) is 8.53. The molecule has 10 heteroatoms.